The zero-order valence-corrected chi connectivity index (χ0v) is 23.5. The zero-order chi connectivity index (χ0) is 25.8. The summed E-state index contributed by atoms with van der Waals surface area (Å²) in [6.45, 7) is 7.03. The lowest BCUT2D eigenvalue weighted by atomic mass is 10.0. The van der Waals surface area contributed by atoms with Crippen LogP contribution in [-0.4, -0.2) is 35.0 Å². The molecule has 0 saturated heterocycles. The molecular formula is C28H30ClN3O2S2. The molecule has 1 N–H and O–H groups in total. The number of aryl methyl sites for hydroxylation is 2. The number of carbonyl (C=O) groups excluding carboxylic acids is 1. The number of amides is 2. The Balaban J connectivity index is 1.73. The fourth-order valence-corrected chi connectivity index (χ4v) is 5.66. The normalized spacial score (nSPS) is 11.2. The summed E-state index contributed by atoms with van der Waals surface area (Å²) >= 11 is 9.29. The molecule has 0 unspecified atom stereocenters. The van der Waals surface area contributed by atoms with Crippen LogP contribution in [0.5, 0.6) is 0 Å². The first-order valence-electron chi connectivity index (χ1n) is 11.8. The van der Waals surface area contributed by atoms with E-state index in [4.69, 9.17) is 16.0 Å². The fourth-order valence-electron chi connectivity index (χ4n) is 4.23. The highest BCUT2D eigenvalue weighted by molar-refractivity contribution is 7.99. The number of thioether (sulfide) groups is 2. The molecule has 8 heteroatoms. The van der Waals surface area contributed by atoms with Gasteiger partial charge in [0.25, 0.3) is 0 Å². The summed E-state index contributed by atoms with van der Waals surface area (Å²) in [7, 11) is 0. The van der Waals surface area contributed by atoms with Gasteiger partial charge in [0.05, 0.1) is 12.2 Å². The number of urea groups is 1. The summed E-state index contributed by atoms with van der Waals surface area (Å²) in [5.41, 5.74) is 5.63. The second-order valence-electron chi connectivity index (χ2n) is 8.61. The van der Waals surface area contributed by atoms with Gasteiger partial charge in [0.1, 0.15) is 16.4 Å². The SMILES string of the molecule is CCCN(Cc1oc2ccc(C)cc2c1-c1ccc(Cl)cc1)C(=O)Nc1c(SC)cc(C)nc1SC. The van der Waals surface area contributed by atoms with Crippen LogP contribution in [0.1, 0.15) is 30.4 Å². The summed E-state index contributed by atoms with van der Waals surface area (Å²) in [5, 5.41) is 5.66. The number of hydrogen-bond acceptors (Lipinski definition) is 5. The molecule has 2 amide bonds. The highest BCUT2D eigenvalue weighted by Crippen LogP contribution is 2.37. The van der Waals surface area contributed by atoms with E-state index in [2.05, 4.69) is 30.2 Å². The van der Waals surface area contributed by atoms with Gasteiger partial charge in [-0.05, 0) is 68.7 Å². The van der Waals surface area contributed by atoms with Crippen molar-refractivity contribution in [1.82, 2.24) is 9.88 Å². The van der Waals surface area contributed by atoms with E-state index in [9.17, 15) is 4.79 Å². The van der Waals surface area contributed by atoms with Crippen molar-refractivity contribution in [3.05, 3.63) is 70.6 Å². The van der Waals surface area contributed by atoms with Gasteiger partial charge >= 0.3 is 6.03 Å². The van der Waals surface area contributed by atoms with Crippen LogP contribution in [0.15, 0.2) is 62.9 Å². The van der Waals surface area contributed by atoms with Gasteiger partial charge in [-0.2, -0.15) is 0 Å². The van der Waals surface area contributed by atoms with E-state index in [-0.39, 0.29) is 6.03 Å². The van der Waals surface area contributed by atoms with Crippen LogP contribution in [0, 0.1) is 13.8 Å². The van der Waals surface area contributed by atoms with Crippen molar-refractivity contribution in [2.75, 3.05) is 24.4 Å². The quantitative estimate of drug-likeness (QED) is 0.227. The minimum atomic E-state index is -0.174. The van der Waals surface area contributed by atoms with Gasteiger partial charge in [0.2, 0.25) is 0 Å². The van der Waals surface area contributed by atoms with Crippen LogP contribution in [0.4, 0.5) is 10.5 Å². The van der Waals surface area contributed by atoms with Gasteiger partial charge in [0.15, 0.2) is 0 Å². The molecular weight excluding hydrogens is 510 g/mol. The van der Waals surface area contributed by atoms with Crippen LogP contribution in [-0.2, 0) is 6.54 Å². The number of furan rings is 1. The molecule has 0 aliphatic heterocycles. The Morgan fingerprint density at radius 3 is 2.50 bits per heavy atom. The molecule has 2 aromatic carbocycles. The number of carbonyl (C=O) groups is 1. The van der Waals surface area contributed by atoms with E-state index in [1.165, 1.54) is 11.8 Å². The standard InChI is InChI=1S/C28H30ClN3O2S2/c1-6-13-32(28(33)31-26-24(35-4)15-18(3)30-27(26)36-5)16-23-25(19-8-10-20(29)11-9-19)21-14-17(2)7-12-22(21)34-23/h7-12,14-15H,6,13,16H2,1-5H3,(H,31,33). The van der Waals surface area contributed by atoms with Crippen LogP contribution in [0.2, 0.25) is 5.02 Å². The lowest BCUT2D eigenvalue weighted by molar-refractivity contribution is 0.204. The van der Waals surface area contributed by atoms with Crippen molar-refractivity contribution in [1.29, 1.82) is 0 Å². The molecule has 0 aliphatic carbocycles. The first-order chi connectivity index (χ1) is 17.3. The molecule has 5 nitrogen and oxygen atoms in total. The lowest BCUT2D eigenvalue weighted by Crippen LogP contribution is -2.35. The first kappa shape index (κ1) is 26.5. The van der Waals surface area contributed by atoms with E-state index >= 15 is 0 Å². The summed E-state index contributed by atoms with van der Waals surface area (Å²) in [5.74, 6) is 0.749. The zero-order valence-electron chi connectivity index (χ0n) is 21.1. The van der Waals surface area contributed by atoms with Crippen LogP contribution in [0.25, 0.3) is 22.1 Å². The molecule has 0 saturated carbocycles. The topological polar surface area (TPSA) is 58.4 Å². The molecule has 188 valence electrons. The first-order valence-corrected chi connectivity index (χ1v) is 14.6. The number of nitrogens with zero attached hydrogens (tertiary/aromatic N) is 2. The Kier molecular flexibility index (Phi) is 8.54. The molecule has 0 radical (unpaired) electrons. The van der Waals surface area contributed by atoms with E-state index in [0.717, 1.165) is 61.1 Å². The Morgan fingerprint density at radius 1 is 1.08 bits per heavy atom. The summed E-state index contributed by atoms with van der Waals surface area (Å²) in [6.07, 6.45) is 4.80. The molecule has 2 heterocycles. The molecule has 4 aromatic rings. The van der Waals surface area contributed by atoms with Crippen LogP contribution < -0.4 is 5.32 Å². The monoisotopic (exact) mass is 539 g/mol. The maximum atomic E-state index is 13.6. The smallest absolute Gasteiger partial charge is 0.322 e. The van der Waals surface area contributed by atoms with Crippen molar-refractivity contribution in [2.45, 2.75) is 43.7 Å². The minimum absolute atomic E-state index is 0.174. The molecule has 4 rings (SSSR count). The maximum absolute atomic E-state index is 13.6. The van der Waals surface area contributed by atoms with Crippen LogP contribution in [0.3, 0.4) is 0 Å². The van der Waals surface area contributed by atoms with E-state index in [1.54, 1.807) is 16.7 Å². The second-order valence-corrected chi connectivity index (χ2v) is 10.7. The number of halogens is 1. The molecule has 0 fully saturated rings. The summed E-state index contributed by atoms with van der Waals surface area (Å²) in [6, 6.07) is 15.7. The average Bonchev–Trinajstić information content (AvgIpc) is 3.21. The molecule has 0 atom stereocenters. The number of pyridine rings is 1. The number of nitrogens with one attached hydrogen (secondary N) is 1. The minimum Gasteiger partial charge on any atom is -0.459 e. The van der Waals surface area contributed by atoms with E-state index in [1.807, 2.05) is 61.9 Å². The molecule has 36 heavy (non-hydrogen) atoms. The predicted octanol–water partition coefficient (Wildman–Crippen LogP) is 8.65. The van der Waals surface area contributed by atoms with Gasteiger partial charge in [-0.3, -0.25) is 0 Å². The van der Waals surface area contributed by atoms with Crippen molar-refractivity contribution >= 4 is 57.8 Å². The highest BCUT2D eigenvalue weighted by atomic mass is 35.5. The molecule has 2 aromatic heterocycles. The Morgan fingerprint density at radius 2 is 1.83 bits per heavy atom. The number of rotatable bonds is 8. The third kappa shape index (κ3) is 5.69. The Bertz CT molecular complexity index is 1360. The summed E-state index contributed by atoms with van der Waals surface area (Å²) < 4.78 is 6.35. The van der Waals surface area contributed by atoms with Gasteiger partial charge in [-0.25, -0.2) is 9.78 Å². The Hall–Kier alpha value is -2.61. The Labute approximate surface area is 226 Å². The van der Waals surface area contributed by atoms with Crippen molar-refractivity contribution < 1.29 is 9.21 Å². The summed E-state index contributed by atoms with van der Waals surface area (Å²) in [4.78, 5) is 21.0. The number of fused-ring (bicyclic) bond motifs is 1. The van der Waals surface area contributed by atoms with Gasteiger partial charge < -0.3 is 14.6 Å². The van der Waals surface area contributed by atoms with Crippen molar-refractivity contribution in [3.63, 3.8) is 0 Å². The van der Waals surface area contributed by atoms with Crippen LogP contribution >= 0.6 is 35.1 Å². The molecule has 0 aliphatic rings. The molecule has 0 bridgehead atoms. The second kappa shape index (κ2) is 11.6. The van der Waals surface area contributed by atoms with E-state index in [0.29, 0.717) is 18.1 Å². The maximum Gasteiger partial charge on any atom is 0.322 e. The van der Waals surface area contributed by atoms with Gasteiger partial charge in [-0.15, -0.1) is 23.5 Å². The largest absolute Gasteiger partial charge is 0.459 e. The average molecular weight is 540 g/mol. The third-order valence-corrected chi connectivity index (χ3v) is 7.58. The third-order valence-electron chi connectivity index (χ3n) is 5.89. The number of aromatic nitrogens is 1. The molecule has 0 spiro atoms. The highest BCUT2D eigenvalue weighted by Gasteiger charge is 2.23. The van der Waals surface area contributed by atoms with Crippen molar-refractivity contribution in [2.24, 2.45) is 0 Å². The van der Waals surface area contributed by atoms with Crippen molar-refractivity contribution in [3.8, 4) is 11.1 Å². The number of hydrogen-bond donors (Lipinski definition) is 1. The van der Waals surface area contributed by atoms with Gasteiger partial charge in [0, 0.05) is 33.1 Å². The fraction of sp³-hybridized carbons (Fsp3) is 0.286. The van der Waals surface area contributed by atoms with E-state index < -0.39 is 0 Å². The predicted molar refractivity (Wildman–Crippen MR) is 154 cm³/mol. The number of benzene rings is 2. The number of anilines is 1. The van der Waals surface area contributed by atoms with Gasteiger partial charge in [-0.1, -0.05) is 42.3 Å². The lowest BCUT2D eigenvalue weighted by Gasteiger charge is -2.23.